The number of hydrogen-bond acceptors (Lipinski definition) is 7. The Kier molecular flexibility index (Phi) is 10.7. The second-order valence-corrected chi connectivity index (χ2v) is 9.19. The summed E-state index contributed by atoms with van der Waals surface area (Å²) in [4.78, 5) is 47.9. The van der Waals surface area contributed by atoms with E-state index in [1.165, 1.54) is 0 Å². The number of carboxylic acids is 1. The number of carboxylic acid groups (broad SMARTS) is 1. The monoisotopic (exact) mass is 525 g/mol. The highest BCUT2D eigenvalue weighted by Crippen LogP contribution is 2.44. The number of unbranched alkanes of at least 4 members (excludes halogenated alkanes) is 1. The molecule has 0 bridgehead atoms. The zero-order chi connectivity index (χ0) is 27.5. The molecule has 204 valence electrons. The average molecular weight is 526 g/mol. The van der Waals surface area contributed by atoms with E-state index in [9.17, 15) is 19.2 Å². The molecule has 3 rings (SSSR count). The molecule has 1 aliphatic rings. The molecule has 2 atom stereocenters. The van der Waals surface area contributed by atoms with E-state index in [-0.39, 0.29) is 32.0 Å². The summed E-state index contributed by atoms with van der Waals surface area (Å²) in [5.74, 6) is -2.50. The molecule has 0 aliphatic heterocycles. The van der Waals surface area contributed by atoms with Crippen LogP contribution in [-0.4, -0.2) is 60.9 Å². The smallest absolute Gasteiger partial charge is 0.407 e. The predicted octanol–water partition coefficient (Wildman–Crippen LogP) is 2.94. The van der Waals surface area contributed by atoms with Gasteiger partial charge in [0.1, 0.15) is 25.2 Å². The van der Waals surface area contributed by atoms with Crippen LogP contribution < -0.4 is 16.4 Å². The molecule has 0 saturated carbocycles. The predicted molar refractivity (Wildman–Crippen MR) is 140 cm³/mol. The molecule has 10 nitrogen and oxygen atoms in total. The number of benzene rings is 2. The lowest BCUT2D eigenvalue weighted by molar-refractivity contribution is -0.145. The molecule has 5 N–H and O–H groups in total. The van der Waals surface area contributed by atoms with E-state index < -0.39 is 42.6 Å². The third kappa shape index (κ3) is 7.79. The fourth-order valence-corrected chi connectivity index (χ4v) is 4.42. The Labute approximate surface area is 221 Å². The summed E-state index contributed by atoms with van der Waals surface area (Å²) >= 11 is 0. The number of ether oxygens (including phenoxy) is 2. The highest BCUT2D eigenvalue weighted by molar-refractivity contribution is 5.88. The van der Waals surface area contributed by atoms with Gasteiger partial charge in [0.2, 0.25) is 5.91 Å². The van der Waals surface area contributed by atoms with Crippen LogP contribution in [0.5, 0.6) is 0 Å². The van der Waals surface area contributed by atoms with Crippen molar-refractivity contribution >= 4 is 23.9 Å². The maximum absolute atomic E-state index is 12.7. The highest BCUT2D eigenvalue weighted by Gasteiger charge is 2.30. The summed E-state index contributed by atoms with van der Waals surface area (Å²) in [6, 6.07) is 14.1. The van der Waals surface area contributed by atoms with E-state index in [1.54, 1.807) is 0 Å². The van der Waals surface area contributed by atoms with Crippen LogP contribution in [0.25, 0.3) is 11.1 Å². The highest BCUT2D eigenvalue weighted by atomic mass is 16.5. The van der Waals surface area contributed by atoms with Crippen molar-refractivity contribution in [2.75, 3.05) is 19.8 Å². The number of hydrogen-bond donors (Lipinski definition) is 4. The summed E-state index contributed by atoms with van der Waals surface area (Å²) in [6.07, 6.45) is 1.41. The second kappa shape index (κ2) is 14.1. The van der Waals surface area contributed by atoms with Crippen LogP contribution in [0.2, 0.25) is 0 Å². The van der Waals surface area contributed by atoms with E-state index in [0.29, 0.717) is 12.8 Å². The molecule has 1 aliphatic carbocycles. The van der Waals surface area contributed by atoms with Gasteiger partial charge in [-0.2, -0.15) is 0 Å². The zero-order valence-corrected chi connectivity index (χ0v) is 21.5. The minimum absolute atomic E-state index is 0.0798. The number of rotatable bonds is 14. The molecule has 0 saturated heterocycles. The molecule has 2 aromatic carbocycles. The van der Waals surface area contributed by atoms with Crippen molar-refractivity contribution in [1.82, 2.24) is 10.6 Å². The van der Waals surface area contributed by atoms with Crippen LogP contribution in [0, 0.1) is 0 Å². The Morgan fingerprint density at radius 3 is 2.18 bits per heavy atom. The number of carbonyl (C=O) groups is 4. The Balaban J connectivity index is 1.51. The van der Waals surface area contributed by atoms with E-state index in [4.69, 9.17) is 20.3 Å². The van der Waals surface area contributed by atoms with Gasteiger partial charge in [0.15, 0.2) is 0 Å². The van der Waals surface area contributed by atoms with E-state index in [2.05, 4.69) is 22.8 Å². The molecule has 0 fully saturated rings. The fourth-order valence-electron chi connectivity index (χ4n) is 4.42. The SMILES string of the molecule is CCCCOC(=O)N[C@@H](CCCC(N)C(=O)OCC1c2ccccc2-c2ccccc21)C(=O)NCC(=O)O. The van der Waals surface area contributed by atoms with Gasteiger partial charge in [0.05, 0.1) is 6.61 Å². The lowest BCUT2D eigenvalue weighted by Gasteiger charge is -2.19. The van der Waals surface area contributed by atoms with Gasteiger partial charge < -0.3 is 30.9 Å². The number of nitrogens with two attached hydrogens (primary N) is 1. The third-order valence-corrected chi connectivity index (χ3v) is 6.42. The zero-order valence-electron chi connectivity index (χ0n) is 21.5. The topological polar surface area (TPSA) is 157 Å². The van der Waals surface area contributed by atoms with E-state index in [0.717, 1.165) is 28.7 Å². The quantitative estimate of drug-likeness (QED) is 0.217. The maximum Gasteiger partial charge on any atom is 0.407 e. The van der Waals surface area contributed by atoms with Gasteiger partial charge in [-0.15, -0.1) is 0 Å². The lowest BCUT2D eigenvalue weighted by Crippen LogP contribution is -2.48. The van der Waals surface area contributed by atoms with E-state index >= 15 is 0 Å². The number of esters is 1. The summed E-state index contributed by atoms with van der Waals surface area (Å²) < 4.78 is 10.6. The van der Waals surface area contributed by atoms with Gasteiger partial charge in [-0.1, -0.05) is 61.9 Å². The Morgan fingerprint density at radius 1 is 0.947 bits per heavy atom. The first-order valence-corrected chi connectivity index (χ1v) is 12.8. The summed E-state index contributed by atoms with van der Waals surface area (Å²) in [5, 5.41) is 13.5. The first-order chi connectivity index (χ1) is 18.3. The van der Waals surface area contributed by atoms with Gasteiger partial charge in [-0.25, -0.2) is 4.79 Å². The minimum atomic E-state index is -1.21. The summed E-state index contributed by atoms with van der Waals surface area (Å²) in [6.45, 7) is 1.73. The molecule has 2 aromatic rings. The molecule has 38 heavy (non-hydrogen) atoms. The number of carbonyl (C=O) groups excluding carboxylic acids is 3. The molecular weight excluding hydrogens is 490 g/mol. The van der Waals surface area contributed by atoms with Gasteiger partial charge in [0, 0.05) is 5.92 Å². The van der Waals surface area contributed by atoms with Crippen molar-refractivity contribution in [3.8, 4) is 11.1 Å². The second-order valence-electron chi connectivity index (χ2n) is 9.19. The van der Waals surface area contributed by atoms with Gasteiger partial charge >= 0.3 is 18.0 Å². The van der Waals surface area contributed by atoms with Crippen LogP contribution in [0.3, 0.4) is 0 Å². The lowest BCUT2D eigenvalue weighted by atomic mass is 9.98. The van der Waals surface area contributed by atoms with Gasteiger partial charge in [0.25, 0.3) is 0 Å². The van der Waals surface area contributed by atoms with Crippen molar-refractivity contribution in [2.45, 2.75) is 57.0 Å². The van der Waals surface area contributed by atoms with Crippen molar-refractivity contribution < 1.29 is 33.8 Å². The molecular formula is C28H35N3O7. The molecule has 0 aromatic heterocycles. The van der Waals surface area contributed by atoms with Crippen LogP contribution in [0.4, 0.5) is 4.79 Å². The van der Waals surface area contributed by atoms with Crippen LogP contribution >= 0.6 is 0 Å². The minimum Gasteiger partial charge on any atom is -0.480 e. The average Bonchev–Trinajstić information content (AvgIpc) is 3.23. The molecule has 10 heteroatoms. The van der Waals surface area contributed by atoms with Crippen molar-refractivity contribution in [3.63, 3.8) is 0 Å². The molecule has 1 unspecified atom stereocenters. The van der Waals surface area contributed by atoms with Crippen molar-refractivity contribution in [3.05, 3.63) is 59.7 Å². The maximum atomic E-state index is 12.7. The van der Waals surface area contributed by atoms with Crippen LogP contribution in [0.1, 0.15) is 56.1 Å². The van der Waals surface area contributed by atoms with Crippen LogP contribution in [-0.2, 0) is 23.9 Å². The standard InChI is InChI=1S/C28H35N3O7/c1-2-3-15-37-28(36)31-24(26(34)30-16-25(32)33)14-8-13-23(29)27(35)38-17-22-20-11-6-4-9-18(20)19-10-5-7-12-21(19)22/h4-7,9-12,22-24H,2-3,8,13-17,29H2,1H3,(H,30,34)(H,31,36)(H,32,33)/t23?,24-/m0/s1. The summed E-state index contributed by atoms with van der Waals surface area (Å²) in [5.41, 5.74) is 10.5. The van der Waals surface area contributed by atoms with Gasteiger partial charge in [-0.05, 0) is 47.9 Å². The third-order valence-electron chi connectivity index (χ3n) is 6.42. The fraction of sp³-hybridized carbons (Fsp3) is 0.429. The molecule has 2 amide bonds. The van der Waals surface area contributed by atoms with Crippen LogP contribution in [0.15, 0.2) is 48.5 Å². The first kappa shape index (κ1) is 28.6. The number of fused-ring (bicyclic) bond motifs is 3. The van der Waals surface area contributed by atoms with Gasteiger partial charge in [-0.3, -0.25) is 14.4 Å². The number of alkyl carbamates (subject to hydrolysis) is 1. The first-order valence-electron chi connectivity index (χ1n) is 12.8. The largest absolute Gasteiger partial charge is 0.480 e. The summed E-state index contributed by atoms with van der Waals surface area (Å²) in [7, 11) is 0. The van der Waals surface area contributed by atoms with Crippen molar-refractivity contribution in [2.24, 2.45) is 5.73 Å². The Morgan fingerprint density at radius 2 is 1.58 bits per heavy atom. The van der Waals surface area contributed by atoms with E-state index in [1.807, 2.05) is 43.3 Å². The number of amides is 2. The Bertz CT molecular complexity index is 1090. The molecule has 0 heterocycles. The molecule has 0 radical (unpaired) electrons. The molecule has 0 spiro atoms. The Hall–Kier alpha value is -3.92. The van der Waals surface area contributed by atoms with Crippen molar-refractivity contribution in [1.29, 1.82) is 0 Å². The number of aliphatic carboxylic acids is 1. The number of nitrogens with one attached hydrogen (secondary N) is 2. The normalized spacial score (nSPS) is 13.5.